The van der Waals surface area contributed by atoms with Crippen molar-refractivity contribution in [2.24, 2.45) is 0 Å². The Kier molecular flexibility index (Phi) is 4.67. The molecule has 1 aliphatic rings. The fraction of sp³-hybridized carbons (Fsp3) is 0.263. The third kappa shape index (κ3) is 3.26. The Morgan fingerprint density at radius 3 is 2.41 bits per heavy atom. The van der Waals surface area contributed by atoms with Gasteiger partial charge in [-0.25, -0.2) is 0 Å². The summed E-state index contributed by atoms with van der Waals surface area (Å²) in [6.07, 6.45) is -2.80. The van der Waals surface area contributed by atoms with Crippen molar-refractivity contribution < 1.29 is 39.9 Å². The van der Waals surface area contributed by atoms with Crippen molar-refractivity contribution >= 4 is 11.6 Å². The van der Waals surface area contributed by atoms with Gasteiger partial charge >= 0.3 is 0 Å². The van der Waals surface area contributed by atoms with Gasteiger partial charge in [-0.05, 0) is 31.0 Å². The van der Waals surface area contributed by atoms with Gasteiger partial charge in [0.1, 0.15) is 28.6 Å². The van der Waals surface area contributed by atoms with Gasteiger partial charge in [-0.15, -0.1) is 0 Å². The predicted molar refractivity (Wildman–Crippen MR) is 92.3 cm³/mol. The Morgan fingerprint density at radius 2 is 1.78 bits per heavy atom. The number of aliphatic hydroxyl groups is 1. The second-order valence-electron chi connectivity index (χ2n) is 6.39. The second kappa shape index (κ2) is 6.81. The molecule has 2 atom stereocenters. The van der Waals surface area contributed by atoms with Crippen LogP contribution in [0.1, 0.15) is 40.9 Å². The molecule has 142 valence electrons. The quantitative estimate of drug-likeness (QED) is 0.509. The molecular weight excluding hydrogens is 356 g/mol. The Bertz CT molecular complexity index is 934. The first-order valence-electron chi connectivity index (χ1n) is 8.18. The fourth-order valence-corrected chi connectivity index (χ4v) is 3.01. The van der Waals surface area contributed by atoms with Crippen molar-refractivity contribution in [2.75, 3.05) is 0 Å². The minimum absolute atomic E-state index is 0.0221. The lowest BCUT2D eigenvalue weighted by Gasteiger charge is -2.31. The van der Waals surface area contributed by atoms with Gasteiger partial charge in [0, 0.05) is 18.1 Å². The third-order valence-electron chi connectivity index (χ3n) is 4.46. The maximum Gasteiger partial charge on any atom is 0.202 e. The molecule has 8 nitrogen and oxygen atoms in total. The standard InChI is InChI=1S/C19H18O8/c1-8(20)2-4-10-12(22)7-14-15(16(10)24)17(25)18(26)19(27-14)9-3-5-11(21)13(23)6-9/h3,5-7,18-19,21-24,26H,2,4H2,1H3. The van der Waals surface area contributed by atoms with Crippen molar-refractivity contribution in [1.29, 1.82) is 0 Å². The lowest BCUT2D eigenvalue weighted by molar-refractivity contribution is -0.116. The molecular formula is C19H18O8. The van der Waals surface area contributed by atoms with Crippen LogP contribution in [0.3, 0.4) is 0 Å². The molecule has 1 aliphatic heterocycles. The Morgan fingerprint density at radius 1 is 1.07 bits per heavy atom. The summed E-state index contributed by atoms with van der Waals surface area (Å²) < 4.78 is 5.59. The molecule has 0 saturated heterocycles. The number of ether oxygens (including phenoxy) is 1. The van der Waals surface area contributed by atoms with Crippen molar-refractivity contribution in [3.05, 3.63) is 41.0 Å². The summed E-state index contributed by atoms with van der Waals surface area (Å²) in [7, 11) is 0. The van der Waals surface area contributed by atoms with Crippen molar-refractivity contribution in [3.63, 3.8) is 0 Å². The number of aliphatic hydroxyl groups excluding tert-OH is 1. The predicted octanol–water partition coefficient (Wildman–Crippen LogP) is 1.71. The Hall–Kier alpha value is -3.26. The molecule has 0 radical (unpaired) electrons. The average molecular weight is 374 g/mol. The molecule has 2 unspecified atom stereocenters. The molecule has 8 heteroatoms. The normalized spacial score (nSPS) is 18.7. The number of carbonyl (C=O) groups is 2. The number of phenolic OH excluding ortho intramolecular Hbond substituents is 4. The highest BCUT2D eigenvalue weighted by molar-refractivity contribution is 6.06. The van der Waals surface area contributed by atoms with Gasteiger partial charge in [-0.1, -0.05) is 6.07 Å². The first-order valence-corrected chi connectivity index (χ1v) is 8.18. The van der Waals surface area contributed by atoms with Crippen LogP contribution in [0.25, 0.3) is 0 Å². The van der Waals surface area contributed by atoms with E-state index in [1.165, 1.54) is 19.1 Å². The molecule has 0 aromatic heterocycles. The van der Waals surface area contributed by atoms with E-state index < -0.39 is 29.5 Å². The van der Waals surface area contributed by atoms with E-state index in [4.69, 9.17) is 4.74 Å². The minimum Gasteiger partial charge on any atom is -0.507 e. The van der Waals surface area contributed by atoms with E-state index in [1.807, 2.05) is 0 Å². The number of carbonyl (C=O) groups excluding carboxylic acids is 2. The molecule has 3 rings (SSSR count). The number of aromatic hydroxyl groups is 4. The molecule has 2 aromatic carbocycles. The van der Waals surface area contributed by atoms with Crippen LogP contribution >= 0.6 is 0 Å². The number of phenols is 4. The zero-order valence-electron chi connectivity index (χ0n) is 14.3. The number of ketones is 2. The van der Waals surface area contributed by atoms with Crippen LogP contribution in [0.15, 0.2) is 24.3 Å². The van der Waals surface area contributed by atoms with E-state index >= 15 is 0 Å². The third-order valence-corrected chi connectivity index (χ3v) is 4.46. The molecule has 0 spiro atoms. The SMILES string of the molecule is CC(=O)CCc1c(O)cc2c(c1O)C(=O)C(O)C(c1ccc(O)c(O)c1)O2. The maximum atomic E-state index is 12.6. The molecule has 0 bridgehead atoms. The molecule has 0 amide bonds. The van der Waals surface area contributed by atoms with Crippen LogP contribution < -0.4 is 4.74 Å². The summed E-state index contributed by atoms with van der Waals surface area (Å²) in [6.45, 7) is 1.36. The van der Waals surface area contributed by atoms with Gasteiger partial charge in [0.15, 0.2) is 23.7 Å². The number of rotatable bonds is 4. The second-order valence-corrected chi connectivity index (χ2v) is 6.39. The number of Topliss-reactive ketones (excluding diaryl/α,β-unsaturated/α-hetero) is 2. The monoisotopic (exact) mass is 374 g/mol. The number of benzene rings is 2. The first-order chi connectivity index (χ1) is 12.7. The Balaban J connectivity index is 2.03. The summed E-state index contributed by atoms with van der Waals surface area (Å²) in [6, 6.07) is 4.83. The van der Waals surface area contributed by atoms with Gasteiger partial charge in [0.25, 0.3) is 0 Å². The van der Waals surface area contributed by atoms with Crippen LogP contribution in [-0.2, 0) is 11.2 Å². The maximum absolute atomic E-state index is 12.6. The van der Waals surface area contributed by atoms with E-state index in [9.17, 15) is 35.1 Å². The van der Waals surface area contributed by atoms with Gasteiger partial charge in [0.05, 0.1) is 0 Å². The van der Waals surface area contributed by atoms with Gasteiger partial charge in [-0.2, -0.15) is 0 Å². The Labute approximate surface area is 153 Å². The zero-order valence-corrected chi connectivity index (χ0v) is 14.3. The topological polar surface area (TPSA) is 145 Å². The highest BCUT2D eigenvalue weighted by atomic mass is 16.5. The molecule has 27 heavy (non-hydrogen) atoms. The van der Waals surface area contributed by atoms with Gasteiger partial charge in [-0.3, -0.25) is 4.79 Å². The molecule has 2 aromatic rings. The van der Waals surface area contributed by atoms with E-state index in [1.54, 1.807) is 0 Å². The van der Waals surface area contributed by atoms with Crippen molar-refractivity contribution in [2.45, 2.75) is 32.0 Å². The van der Waals surface area contributed by atoms with Crippen LogP contribution in [0.2, 0.25) is 0 Å². The van der Waals surface area contributed by atoms with E-state index in [2.05, 4.69) is 0 Å². The zero-order chi connectivity index (χ0) is 19.9. The van der Waals surface area contributed by atoms with Crippen LogP contribution in [0.4, 0.5) is 0 Å². The van der Waals surface area contributed by atoms with E-state index in [0.29, 0.717) is 0 Å². The first kappa shape index (κ1) is 18.5. The van der Waals surface area contributed by atoms with Crippen LogP contribution in [0.5, 0.6) is 28.7 Å². The molecule has 5 N–H and O–H groups in total. The summed E-state index contributed by atoms with van der Waals surface area (Å²) in [5, 5.41) is 49.9. The van der Waals surface area contributed by atoms with Crippen molar-refractivity contribution in [3.8, 4) is 28.7 Å². The molecule has 0 saturated carbocycles. The smallest absolute Gasteiger partial charge is 0.202 e. The summed E-state index contributed by atoms with van der Waals surface area (Å²) in [5.41, 5.74) is -0.0386. The highest BCUT2D eigenvalue weighted by Gasteiger charge is 2.40. The van der Waals surface area contributed by atoms with E-state index in [0.717, 1.165) is 12.1 Å². The minimum atomic E-state index is -1.68. The largest absolute Gasteiger partial charge is 0.507 e. The van der Waals surface area contributed by atoms with Crippen LogP contribution in [0, 0.1) is 0 Å². The van der Waals surface area contributed by atoms with Gasteiger partial charge in [0.2, 0.25) is 5.78 Å². The fourth-order valence-electron chi connectivity index (χ4n) is 3.01. The van der Waals surface area contributed by atoms with E-state index in [-0.39, 0.29) is 52.6 Å². The van der Waals surface area contributed by atoms with Gasteiger partial charge < -0.3 is 35.1 Å². The number of fused-ring (bicyclic) bond motifs is 1. The summed E-state index contributed by atoms with van der Waals surface area (Å²) in [5.74, 6) is -2.82. The summed E-state index contributed by atoms with van der Waals surface area (Å²) >= 11 is 0. The lowest BCUT2D eigenvalue weighted by atomic mass is 9.90. The molecule has 1 heterocycles. The number of hydrogen-bond donors (Lipinski definition) is 5. The summed E-state index contributed by atoms with van der Waals surface area (Å²) in [4.78, 5) is 23.8. The number of hydrogen-bond acceptors (Lipinski definition) is 8. The molecule has 0 fully saturated rings. The van der Waals surface area contributed by atoms with Crippen molar-refractivity contribution in [1.82, 2.24) is 0 Å². The highest BCUT2D eigenvalue weighted by Crippen LogP contribution is 2.45. The lowest BCUT2D eigenvalue weighted by Crippen LogP contribution is -2.36. The molecule has 0 aliphatic carbocycles. The average Bonchev–Trinajstić information content (AvgIpc) is 2.59. The van der Waals surface area contributed by atoms with Crippen LogP contribution in [-0.4, -0.2) is 43.2 Å².